The van der Waals surface area contributed by atoms with E-state index in [0.29, 0.717) is 5.56 Å². The van der Waals surface area contributed by atoms with E-state index in [1.54, 1.807) is 30.7 Å². The van der Waals surface area contributed by atoms with Crippen LogP contribution in [0.4, 0.5) is 0 Å². The van der Waals surface area contributed by atoms with Crippen molar-refractivity contribution in [2.45, 2.75) is 0 Å². The molecule has 0 saturated carbocycles. The van der Waals surface area contributed by atoms with Gasteiger partial charge < -0.3 is 0 Å². The van der Waals surface area contributed by atoms with E-state index in [4.69, 9.17) is 0 Å². The number of carbonyl (C=O) groups is 1. The van der Waals surface area contributed by atoms with Gasteiger partial charge >= 0.3 is 0 Å². The highest BCUT2D eigenvalue weighted by molar-refractivity contribution is 6.25. The third-order valence-electron chi connectivity index (χ3n) is 4.87. The lowest BCUT2D eigenvalue weighted by Gasteiger charge is -2.12. The van der Waals surface area contributed by atoms with Gasteiger partial charge in [0, 0.05) is 23.5 Å². The fraction of sp³-hybridized carbons (Fsp3) is 0. The zero-order valence-corrected chi connectivity index (χ0v) is 14.4. The van der Waals surface area contributed by atoms with E-state index in [9.17, 15) is 4.79 Å². The minimum atomic E-state index is -0.258. The maximum absolute atomic E-state index is 12.1. The highest BCUT2D eigenvalue weighted by Gasteiger charge is 2.10. The van der Waals surface area contributed by atoms with Crippen LogP contribution in [0.25, 0.3) is 32.3 Å². The Kier molecular flexibility index (Phi) is 3.54. The third-order valence-corrected chi connectivity index (χ3v) is 4.87. The molecule has 1 aromatic heterocycles. The highest BCUT2D eigenvalue weighted by Crippen LogP contribution is 2.35. The Hall–Kier alpha value is -3.79. The molecule has 4 nitrogen and oxygen atoms in total. The second kappa shape index (κ2) is 6.18. The molecule has 27 heavy (non-hydrogen) atoms. The van der Waals surface area contributed by atoms with Crippen LogP contribution in [0.2, 0.25) is 0 Å². The number of nitrogens with zero attached hydrogens (tertiary/aromatic N) is 2. The number of carbonyl (C=O) groups excluding carboxylic acids is 1. The van der Waals surface area contributed by atoms with Gasteiger partial charge in [-0.1, -0.05) is 54.6 Å². The van der Waals surface area contributed by atoms with Crippen molar-refractivity contribution in [3.63, 3.8) is 0 Å². The molecule has 0 radical (unpaired) electrons. The molecular formula is C23H15N3O. The van der Waals surface area contributed by atoms with Crippen LogP contribution in [0.15, 0.2) is 84.2 Å². The van der Waals surface area contributed by atoms with E-state index >= 15 is 0 Å². The van der Waals surface area contributed by atoms with Gasteiger partial charge in [0.25, 0.3) is 5.91 Å². The van der Waals surface area contributed by atoms with Gasteiger partial charge in [-0.2, -0.15) is 5.10 Å². The van der Waals surface area contributed by atoms with Gasteiger partial charge in [-0.25, -0.2) is 5.43 Å². The van der Waals surface area contributed by atoms with Gasteiger partial charge in [-0.15, -0.1) is 0 Å². The zero-order valence-electron chi connectivity index (χ0n) is 14.4. The first-order valence-corrected chi connectivity index (χ1v) is 8.71. The largest absolute Gasteiger partial charge is 0.271 e. The van der Waals surface area contributed by atoms with E-state index in [1.807, 2.05) is 6.07 Å². The van der Waals surface area contributed by atoms with Crippen LogP contribution in [-0.2, 0) is 0 Å². The van der Waals surface area contributed by atoms with Crippen LogP contribution in [0, 0.1) is 0 Å². The minimum absolute atomic E-state index is 0.258. The maximum atomic E-state index is 12.1. The summed E-state index contributed by atoms with van der Waals surface area (Å²) < 4.78 is 0. The van der Waals surface area contributed by atoms with Crippen molar-refractivity contribution in [3.05, 3.63) is 90.3 Å². The molecule has 0 saturated heterocycles. The van der Waals surface area contributed by atoms with E-state index in [2.05, 4.69) is 64.0 Å². The molecule has 0 fully saturated rings. The van der Waals surface area contributed by atoms with E-state index in [-0.39, 0.29) is 5.91 Å². The maximum Gasteiger partial charge on any atom is 0.271 e. The Morgan fingerprint density at radius 2 is 1.48 bits per heavy atom. The summed E-state index contributed by atoms with van der Waals surface area (Å²) >= 11 is 0. The Bertz CT molecular complexity index is 1290. The van der Waals surface area contributed by atoms with Crippen molar-refractivity contribution in [2.24, 2.45) is 5.10 Å². The number of nitrogens with one attached hydrogen (secondary N) is 1. The lowest BCUT2D eigenvalue weighted by Crippen LogP contribution is -2.17. The molecule has 0 atom stereocenters. The Labute approximate surface area is 155 Å². The first kappa shape index (κ1) is 15.5. The van der Waals surface area contributed by atoms with Crippen molar-refractivity contribution in [1.29, 1.82) is 0 Å². The first-order chi connectivity index (χ1) is 13.3. The van der Waals surface area contributed by atoms with Gasteiger partial charge in [0.2, 0.25) is 0 Å². The molecule has 0 bridgehead atoms. The van der Waals surface area contributed by atoms with Crippen LogP contribution >= 0.6 is 0 Å². The number of pyridine rings is 1. The van der Waals surface area contributed by atoms with Crippen molar-refractivity contribution < 1.29 is 4.79 Å². The number of amides is 1. The average Bonchev–Trinajstić information content (AvgIpc) is 2.73. The smallest absolute Gasteiger partial charge is 0.267 e. The van der Waals surface area contributed by atoms with Gasteiger partial charge in [0.1, 0.15) is 0 Å². The lowest BCUT2D eigenvalue weighted by molar-refractivity contribution is 0.0955. The fourth-order valence-corrected chi connectivity index (χ4v) is 3.60. The standard InChI is InChI=1S/C23H15N3O/c27-23(18-10-12-24-13-11-18)26-25-14-19-7-6-17-5-4-15-2-1-3-16-8-9-20(19)22(17)21(15)16/h1-14H,(H,26,27)/b25-14+. The van der Waals surface area contributed by atoms with Crippen molar-refractivity contribution in [2.75, 3.05) is 0 Å². The summed E-state index contributed by atoms with van der Waals surface area (Å²) in [7, 11) is 0. The van der Waals surface area contributed by atoms with E-state index < -0.39 is 0 Å². The molecule has 5 rings (SSSR count). The van der Waals surface area contributed by atoms with Crippen LogP contribution in [-0.4, -0.2) is 17.1 Å². The summed E-state index contributed by atoms with van der Waals surface area (Å²) in [4.78, 5) is 16.0. The molecule has 128 valence electrons. The van der Waals surface area contributed by atoms with E-state index in [1.165, 1.54) is 26.9 Å². The third kappa shape index (κ3) is 2.59. The molecule has 0 aliphatic heterocycles. The summed E-state index contributed by atoms with van der Waals surface area (Å²) in [5.74, 6) is -0.258. The summed E-state index contributed by atoms with van der Waals surface area (Å²) in [5.41, 5.74) is 4.07. The molecule has 1 amide bonds. The molecule has 0 aliphatic carbocycles. The summed E-state index contributed by atoms with van der Waals surface area (Å²) in [6, 6.07) is 22.4. The fourth-order valence-electron chi connectivity index (χ4n) is 3.60. The van der Waals surface area contributed by atoms with Crippen LogP contribution in [0.1, 0.15) is 15.9 Å². The number of benzene rings is 4. The summed E-state index contributed by atoms with van der Waals surface area (Å²) in [6.07, 6.45) is 4.87. The topological polar surface area (TPSA) is 54.4 Å². The van der Waals surface area contributed by atoms with Crippen LogP contribution in [0.5, 0.6) is 0 Å². The van der Waals surface area contributed by atoms with Gasteiger partial charge in [0.05, 0.1) is 6.21 Å². The monoisotopic (exact) mass is 349 g/mol. The predicted octanol–water partition coefficient (Wildman–Crippen LogP) is 4.74. The van der Waals surface area contributed by atoms with E-state index in [0.717, 1.165) is 10.9 Å². The molecule has 1 N–H and O–H groups in total. The number of hydrazone groups is 1. The van der Waals surface area contributed by atoms with Crippen molar-refractivity contribution in [3.8, 4) is 0 Å². The minimum Gasteiger partial charge on any atom is -0.267 e. The lowest BCUT2D eigenvalue weighted by atomic mass is 9.92. The number of hydrogen-bond acceptors (Lipinski definition) is 3. The van der Waals surface area contributed by atoms with Gasteiger partial charge in [0.15, 0.2) is 0 Å². The molecule has 0 aliphatic rings. The second-order valence-electron chi connectivity index (χ2n) is 6.45. The molecule has 4 aromatic carbocycles. The molecule has 5 aromatic rings. The molecule has 0 unspecified atom stereocenters. The molecule has 4 heteroatoms. The summed E-state index contributed by atoms with van der Waals surface area (Å²) in [6.45, 7) is 0. The first-order valence-electron chi connectivity index (χ1n) is 8.71. The average molecular weight is 349 g/mol. The van der Waals surface area contributed by atoms with Crippen LogP contribution in [0.3, 0.4) is 0 Å². The normalized spacial score (nSPS) is 11.7. The number of rotatable bonds is 3. The summed E-state index contributed by atoms with van der Waals surface area (Å²) in [5, 5.41) is 11.4. The Morgan fingerprint density at radius 1 is 0.815 bits per heavy atom. The second-order valence-corrected chi connectivity index (χ2v) is 6.45. The molecular weight excluding hydrogens is 334 g/mol. The van der Waals surface area contributed by atoms with Crippen LogP contribution < -0.4 is 5.43 Å². The van der Waals surface area contributed by atoms with Gasteiger partial charge in [-0.3, -0.25) is 9.78 Å². The van der Waals surface area contributed by atoms with Gasteiger partial charge in [-0.05, 0) is 44.5 Å². The molecule has 1 heterocycles. The number of hydrogen-bond donors (Lipinski definition) is 1. The number of aromatic nitrogens is 1. The molecule has 0 spiro atoms. The van der Waals surface area contributed by atoms with Crippen molar-refractivity contribution >= 4 is 44.4 Å². The Balaban J connectivity index is 1.56. The quantitative estimate of drug-likeness (QED) is 0.290. The van der Waals surface area contributed by atoms with Crippen molar-refractivity contribution in [1.82, 2.24) is 10.4 Å². The zero-order chi connectivity index (χ0) is 18.2. The SMILES string of the molecule is O=C(N/N=C/c1ccc2ccc3cccc4ccc1c2c34)c1ccncc1. The predicted molar refractivity (Wildman–Crippen MR) is 109 cm³/mol. The Morgan fingerprint density at radius 3 is 2.26 bits per heavy atom. The highest BCUT2D eigenvalue weighted by atomic mass is 16.2.